The second-order valence-corrected chi connectivity index (χ2v) is 11.4. The van der Waals surface area contributed by atoms with E-state index in [1.54, 1.807) is 29.3 Å². The molecule has 2 aromatic carbocycles. The van der Waals surface area contributed by atoms with Crippen LogP contribution in [0.3, 0.4) is 0 Å². The zero-order valence-corrected chi connectivity index (χ0v) is 23.2. The van der Waals surface area contributed by atoms with Crippen molar-refractivity contribution in [2.75, 3.05) is 46.8 Å². The third-order valence-corrected chi connectivity index (χ3v) is 8.40. The molecular weight excluding hydrogens is 521 g/mol. The van der Waals surface area contributed by atoms with Crippen LogP contribution in [-0.2, 0) is 0 Å². The van der Waals surface area contributed by atoms with Gasteiger partial charge in [-0.1, -0.05) is 29.3 Å². The van der Waals surface area contributed by atoms with Gasteiger partial charge in [0, 0.05) is 55.8 Å². The Morgan fingerprint density at radius 1 is 1.00 bits per heavy atom. The molecule has 1 aromatic heterocycles. The van der Waals surface area contributed by atoms with Crippen molar-refractivity contribution in [3.63, 3.8) is 0 Å². The average Bonchev–Trinajstić information content (AvgIpc) is 3.17. The highest BCUT2D eigenvalue weighted by molar-refractivity contribution is 6.40. The Morgan fingerprint density at radius 3 is 2.29 bits per heavy atom. The van der Waals surface area contributed by atoms with Gasteiger partial charge in [-0.3, -0.25) is 14.6 Å². The molecule has 1 amide bonds. The van der Waals surface area contributed by atoms with Crippen LogP contribution in [0.15, 0.2) is 48.7 Å². The molecule has 2 fully saturated rings. The number of rotatable bonds is 5. The summed E-state index contributed by atoms with van der Waals surface area (Å²) in [5.74, 6) is 0.751. The molecule has 3 aromatic rings. The molecule has 0 saturated carbocycles. The van der Waals surface area contributed by atoms with E-state index in [1.807, 2.05) is 11.9 Å². The maximum absolute atomic E-state index is 13.3. The number of fused-ring (bicyclic) bond motifs is 3. The zero-order chi connectivity index (χ0) is 26.6. The van der Waals surface area contributed by atoms with E-state index < -0.39 is 0 Å². The summed E-state index contributed by atoms with van der Waals surface area (Å²) in [4.78, 5) is 31.0. The molecule has 2 atom stereocenters. The largest absolute Gasteiger partial charge is 0.368 e. The van der Waals surface area contributed by atoms with Crippen molar-refractivity contribution in [3.8, 4) is 0 Å². The van der Waals surface area contributed by atoms with E-state index >= 15 is 0 Å². The maximum Gasteiger partial charge on any atom is 0.265 e. The van der Waals surface area contributed by atoms with E-state index in [-0.39, 0.29) is 12.6 Å². The number of nitrogens with one attached hydrogen (secondary N) is 1. The first-order valence-electron chi connectivity index (χ1n) is 13.0. The molecule has 2 saturated heterocycles. The lowest BCUT2D eigenvalue weighted by atomic mass is 10.1. The summed E-state index contributed by atoms with van der Waals surface area (Å²) in [5.41, 5.74) is 3.02. The lowest BCUT2D eigenvalue weighted by Gasteiger charge is -2.44. The molecule has 0 spiro atoms. The number of carbonyl (C=O) groups excluding carboxylic acids is 1. The van der Waals surface area contributed by atoms with Crippen LogP contribution in [0.5, 0.6) is 0 Å². The first-order valence-corrected chi connectivity index (χ1v) is 13.8. The van der Waals surface area contributed by atoms with Crippen LogP contribution in [0.4, 0.5) is 28.8 Å². The van der Waals surface area contributed by atoms with Crippen molar-refractivity contribution in [1.82, 2.24) is 14.9 Å². The Hall–Kier alpha value is -3.07. The predicted octanol–water partition coefficient (Wildman–Crippen LogP) is 5.64. The van der Waals surface area contributed by atoms with Crippen LogP contribution < -0.4 is 20.0 Å². The van der Waals surface area contributed by atoms with Gasteiger partial charge in [-0.15, -0.1) is 0 Å². The number of nitrogens with zero attached hydrogens (tertiary/aromatic N) is 6. The van der Waals surface area contributed by atoms with E-state index in [1.165, 1.54) is 18.5 Å². The number of piperazine rings is 1. The standard InChI is InChI=1S/C28H31Cl2N7O/c1-17(2)37-20-11-12-21(37)15-35(14-20)19-9-7-18(8-10-19)32-28-31-13-22-26(33-28)34(3)16-36(27(22)38)25-23(29)5-4-6-24(25)30/h4-10,13,17,20-21H,11-12,14-16H2,1-3H3,(H,31,32,33). The van der Waals surface area contributed by atoms with Gasteiger partial charge in [0.15, 0.2) is 0 Å². The fraction of sp³-hybridized carbons (Fsp3) is 0.393. The number of hydrogen-bond acceptors (Lipinski definition) is 7. The number of anilines is 5. The molecule has 3 aliphatic rings. The Morgan fingerprint density at radius 2 is 1.66 bits per heavy atom. The summed E-state index contributed by atoms with van der Waals surface area (Å²) in [5, 5.41) is 4.12. The van der Waals surface area contributed by atoms with Gasteiger partial charge < -0.3 is 15.1 Å². The van der Waals surface area contributed by atoms with Crippen molar-refractivity contribution in [1.29, 1.82) is 0 Å². The summed E-state index contributed by atoms with van der Waals surface area (Å²) in [6.07, 6.45) is 4.13. The van der Waals surface area contributed by atoms with Crippen molar-refractivity contribution < 1.29 is 4.79 Å². The molecule has 198 valence electrons. The summed E-state index contributed by atoms with van der Waals surface area (Å²) in [6, 6.07) is 15.5. The summed E-state index contributed by atoms with van der Waals surface area (Å²) in [6.45, 7) is 7.04. The second kappa shape index (κ2) is 9.91. The fourth-order valence-electron chi connectivity index (χ4n) is 6.16. The molecule has 8 nitrogen and oxygen atoms in total. The average molecular weight is 553 g/mol. The Kier molecular flexibility index (Phi) is 6.58. The SMILES string of the molecule is CC(C)N1C2CCC1CN(c1ccc(Nc3ncc4c(n3)N(C)CN(c3c(Cl)cccc3Cl)C4=O)cc1)C2. The highest BCUT2D eigenvalue weighted by Gasteiger charge is 2.41. The van der Waals surface area contributed by atoms with Gasteiger partial charge in [0.25, 0.3) is 5.91 Å². The second-order valence-electron chi connectivity index (χ2n) is 10.6. The molecule has 2 unspecified atom stereocenters. The predicted molar refractivity (Wildman–Crippen MR) is 154 cm³/mol. The highest BCUT2D eigenvalue weighted by Crippen LogP contribution is 2.38. The van der Waals surface area contributed by atoms with Gasteiger partial charge >= 0.3 is 0 Å². The van der Waals surface area contributed by atoms with E-state index in [4.69, 9.17) is 23.2 Å². The summed E-state index contributed by atoms with van der Waals surface area (Å²) in [7, 11) is 1.88. The minimum Gasteiger partial charge on any atom is -0.368 e. The molecule has 4 heterocycles. The Balaban J connectivity index is 1.17. The highest BCUT2D eigenvalue weighted by atomic mass is 35.5. The number of carbonyl (C=O) groups is 1. The molecule has 1 N–H and O–H groups in total. The number of hydrogen-bond donors (Lipinski definition) is 1. The molecule has 6 rings (SSSR count). The van der Waals surface area contributed by atoms with Gasteiger partial charge in [0.2, 0.25) is 5.95 Å². The van der Waals surface area contributed by atoms with E-state index in [2.05, 4.69) is 63.2 Å². The molecule has 2 bridgehead atoms. The van der Waals surface area contributed by atoms with Gasteiger partial charge in [0.1, 0.15) is 11.4 Å². The van der Waals surface area contributed by atoms with Crippen LogP contribution in [0.1, 0.15) is 37.0 Å². The van der Waals surface area contributed by atoms with Crippen molar-refractivity contribution in [3.05, 3.63) is 64.3 Å². The van der Waals surface area contributed by atoms with Crippen molar-refractivity contribution in [2.45, 2.75) is 44.8 Å². The van der Waals surface area contributed by atoms with Crippen LogP contribution in [0, 0.1) is 0 Å². The zero-order valence-electron chi connectivity index (χ0n) is 21.7. The minimum atomic E-state index is -0.240. The maximum atomic E-state index is 13.3. The number of benzene rings is 2. The monoisotopic (exact) mass is 551 g/mol. The molecule has 10 heteroatoms. The number of halogens is 2. The minimum absolute atomic E-state index is 0.240. The first kappa shape index (κ1) is 25.2. The topological polar surface area (TPSA) is 67.8 Å². The number of para-hydroxylation sites is 1. The lowest BCUT2D eigenvalue weighted by Crippen LogP contribution is -2.56. The van der Waals surface area contributed by atoms with E-state index in [9.17, 15) is 4.79 Å². The van der Waals surface area contributed by atoms with E-state index in [0.717, 1.165) is 18.8 Å². The molecule has 0 radical (unpaired) electrons. The van der Waals surface area contributed by atoms with Crippen LogP contribution in [0.2, 0.25) is 10.0 Å². The smallest absolute Gasteiger partial charge is 0.265 e. The third-order valence-electron chi connectivity index (χ3n) is 7.79. The normalized spacial score (nSPS) is 21.3. The number of amides is 1. The van der Waals surface area contributed by atoms with Crippen LogP contribution in [0.25, 0.3) is 0 Å². The van der Waals surface area contributed by atoms with Crippen molar-refractivity contribution >= 4 is 57.9 Å². The third kappa shape index (κ3) is 4.44. The van der Waals surface area contributed by atoms with Gasteiger partial charge in [0.05, 0.1) is 22.4 Å². The molecule has 3 aliphatic heterocycles. The molecular formula is C28H31Cl2N7O. The van der Waals surface area contributed by atoms with Crippen molar-refractivity contribution in [2.24, 2.45) is 0 Å². The number of aromatic nitrogens is 2. The lowest BCUT2D eigenvalue weighted by molar-refractivity contribution is 0.0982. The summed E-state index contributed by atoms with van der Waals surface area (Å²) >= 11 is 12.7. The van der Waals surface area contributed by atoms with Gasteiger partial charge in [-0.2, -0.15) is 4.98 Å². The molecule has 0 aliphatic carbocycles. The van der Waals surface area contributed by atoms with Crippen LogP contribution in [-0.4, -0.2) is 65.7 Å². The Bertz CT molecular complexity index is 1330. The summed E-state index contributed by atoms with van der Waals surface area (Å²) < 4.78 is 0. The first-order chi connectivity index (χ1) is 18.3. The Labute approximate surface area is 233 Å². The van der Waals surface area contributed by atoms with Gasteiger partial charge in [-0.05, 0) is 63.1 Å². The quantitative estimate of drug-likeness (QED) is 0.439. The van der Waals surface area contributed by atoms with Gasteiger partial charge in [-0.25, -0.2) is 4.98 Å². The molecule has 38 heavy (non-hydrogen) atoms. The van der Waals surface area contributed by atoms with E-state index in [0.29, 0.717) is 51.2 Å². The fourth-order valence-corrected chi connectivity index (χ4v) is 6.76. The van der Waals surface area contributed by atoms with Crippen LogP contribution >= 0.6 is 23.2 Å².